The smallest absolute Gasteiger partial charge is 0.185 e. The number of nitrogens with one attached hydrogen (secondary N) is 1. The predicted molar refractivity (Wildman–Crippen MR) is 109 cm³/mol. The third-order valence-corrected chi connectivity index (χ3v) is 5.54. The second kappa shape index (κ2) is 7.07. The van der Waals surface area contributed by atoms with Crippen molar-refractivity contribution in [2.45, 2.75) is 18.8 Å². The molecule has 0 radical (unpaired) electrons. The number of anilines is 1. The lowest BCUT2D eigenvalue weighted by Gasteiger charge is -2.33. The molecule has 28 heavy (non-hydrogen) atoms. The Balaban J connectivity index is 1.51. The molecule has 5 rings (SSSR count). The molecular weight excluding hydrogens is 397 g/mol. The summed E-state index contributed by atoms with van der Waals surface area (Å²) >= 11 is 12.3. The Labute approximate surface area is 171 Å². The average molecular weight is 414 g/mol. The lowest BCUT2D eigenvalue weighted by atomic mass is 9.93. The number of fused-ring (bicyclic) bond motifs is 1. The van der Waals surface area contributed by atoms with Gasteiger partial charge in [0.05, 0.1) is 6.20 Å². The Morgan fingerprint density at radius 2 is 1.93 bits per heavy atom. The Morgan fingerprint density at radius 3 is 2.71 bits per heavy atom. The van der Waals surface area contributed by atoms with E-state index in [-0.39, 0.29) is 0 Å². The van der Waals surface area contributed by atoms with E-state index in [0.717, 1.165) is 37.3 Å². The van der Waals surface area contributed by atoms with Crippen molar-refractivity contribution in [1.29, 1.82) is 0 Å². The van der Waals surface area contributed by atoms with Gasteiger partial charge in [0.2, 0.25) is 0 Å². The van der Waals surface area contributed by atoms with Crippen LogP contribution in [0.15, 0.2) is 42.7 Å². The highest BCUT2D eigenvalue weighted by Crippen LogP contribution is 2.30. The van der Waals surface area contributed by atoms with E-state index in [0.29, 0.717) is 27.4 Å². The summed E-state index contributed by atoms with van der Waals surface area (Å²) in [6.07, 6.45) is 6.14. The molecule has 9 heteroatoms. The van der Waals surface area contributed by atoms with Crippen molar-refractivity contribution in [3.8, 4) is 11.4 Å². The fourth-order valence-electron chi connectivity index (χ4n) is 3.75. The first-order valence-corrected chi connectivity index (χ1v) is 9.85. The number of hydrogen-bond acceptors (Lipinski definition) is 5. The van der Waals surface area contributed by atoms with E-state index in [1.165, 1.54) is 5.56 Å². The van der Waals surface area contributed by atoms with Gasteiger partial charge >= 0.3 is 0 Å². The van der Waals surface area contributed by atoms with E-state index in [2.05, 4.69) is 25.3 Å². The van der Waals surface area contributed by atoms with Crippen LogP contribution >= 0.6 is 23.2 Å². The summed E-state index contributed by atoms with van der Waals surface area (Å²) in [7, 11) is 0. The molecule has 1 aliphatic heterocycles. The number of piperidine rings is 1. The number of aromatic nitrogens is 6. The number of H-pyrrole nitrogens is 1. The van der Waals surface area contributed by atoms with Gasteiger partial charge in [-0.1, -0.05) is 23.2 Å². The van der Waals surface area contributed by atoms with Gasteiger partial charge in [0.15, 0.2) is 11.5 Å². The van der Waals surface area contributed by atoms with Crippen LogP contribution in [-0.2, 0) is 0 Å². The largest absolute Gasteiger partial charge is 0.355 e. The number of halogens is 2. The van der Waals surface area contributed by atoms with Gasteiger partial charge in [0.1, 0.15) is 5.82 Å². The standard InChI is InChI=1S/C19H17Cl2N7/c20-15-6-13(7-16(21)8-15)19-25-24-17-3-4-18(26-28(17)19)27-5-1-2-12(11-27)14-9-22-23-10-14/h3-4,6-10,12H,1-2,5,11H2,(H,22,23). The first-order valence-electron chi connectivity index (χ1n) is 9.10. The fraction of sp³-hybridized carbons (Fsp3) is 0.263. The molecule has 1 N–H and O–H groups in total. The van der Waals surface area contributed by atoms with Gasteiger partial charge in [-0.25, -0.2) is 0 Å². The van der Waals surface area contributed by atoms with E-state index < -0.39 is 0 Å². The summed E-state index contributed by atoms with van der Waals surface area (Å²) < 4.78 is 1.75. The molecule has 0 spiro atoms. The highest BCUT2D eigenvalue weighted by atomic mass is 35.5. The average Bonchev–Trinajstić information content (AvgIpc) is 3.37. The van der Waals surface area contributed by atoms with Crippen LogP contribution in [0.5, 0.6) is 0 Å². The van der Waals surface area contributed by atoms with Crippen LogP contribution in [0.25, 0.3) is 17.0 Å². The van der Waals surface area contributed by atoms with E-state index >= 15 is 0 Å². The van der Waals surface area contributed by atoms with Crippen LogP contribution in [0, 0.1) is 0 Å². The Morgan fingerprint density at radius 1 is 1.07 bits per heavy atom. The van der Waals surface area contributed by atoms with Crippen LogP contribution in [0.2, 0.25) is 10.0 Å². The molecule has 1 aromatic carbocycles. The third-order valence-electron chi connectivity index (χ3n) is 5.11. The van der Waals surface area contributed by atoms with Crippen molar-refractivity contribution >= 4 is 34.7 Å². The highest BCUT2D eigenvalue weighted by Gasteiger charge is 2.23. The zero-order chi connectivity index (χ0) is 19.1. The van der Waals surface area contributed by atoms with Crippen molar-refractivity contribution in [2.75, 3.05) is 18.0 Å². The van der Waals surface area contributed by atoms with Gasteiger partial charge in [-0.2, -0.15) is 9.61 Å². The summed E-state index contributed by atoms with van der Waals surface area (Å²) in [6, 6.07) is 9.25. The van der Waals surface area contributed by atoms with Crippen LogP contribution in [-0.4, -0.2) is 43.1 Å². The number of aromatic amines is 1. The second-order valence-electron chi connectivity index (χ2n) is 6.96. The monoisotopic (exact) mass is 413 g/mol. The van der Waals surface area contributed by atoms with E-state index in [4.69, 9.17) is 28.3 Å². The molecular formula is C19H17Cl2N7. The molecule has 7 nitrogen and oxygen atoms in total. The summed E-state index contributed by atoms with van der Waals surface area (Å²) in [4.78, 5) is 2.30. The minimum Gasteiger partial charge on any atom is -0.355 e. The van der Waals surface area contributed by atoms with Crippen molar-refractivity contribution in [3.63, 3.8) is 0 Å². The van der Waals surface area contributed by atoms with E-state index in [1.54, 1.807) is 10.6 Å². The Bertz CT molecular complexity index is 1100. The summed E-state index contributed by atoms with van der Waals surface area (Å²) in [6.45, 7) is 1.87. The molecule has 1 saturated heterocycles. The second-order valence-corrected chi connectivity index (χ2v) is 7.83. The maximum atomic E-state index is 6.16. The summed E-state index contributed by atoms with van der Waals surface area (Å²) in [5.74, 6) is 1.96. The number of nitrogens with zero attached hydrogens (tertiary/aromatic N) is 6. The van der Waals surface area contributed by atoms with E-state index in [9.17, 15) is 0 Å². The summed E-state index contributed by atoms with van der Waals surface area (Å²) in [5.41, 5.74) is 2.70. The Kier molecular flexibility index (Phi) is 4.41. The lowest BCUT2D eigenvalue weighted by Crippen LogP contribution is -2.35. The molecule has 1 atom stereocenters. The highest BCUT2D eigenvalue weighted by molar-refractivity contribution is 6.35. The maximum Gasteiger partial charge on any atom is 0.185 e. The molecule has 1 fully saturated rings. The van der Waals surface area contributed by atoms with Crippen LogP contribution in [0.4, 0.5) is 5.82 Å². The lowest BCUT2D eigenvalue weighted by molar-refractivity contribution is 0.505. The van der Waals surface area contributed by atoms with Gasteiger partial charge in [-0.05, 0) is 48.7 Å². The SMILES string of the molecule is Clc1cc(Cl)cc(-c2nnc3ccc(N4CCCC(c5cn[nH]c5)C4)nn23)c1. The molecule has 4 heterocycles. The third kappa shape index (κ3) is 3.21. The van der Waals surface area contributed by atoms with Crippen molar-refractivity contribution in [3.05, 3.63) is 58.3 Å². The van der Waals surface area contributed by atoms with Gasteiger partial charge in [0, 0.05) is 40.8 Å². The van der Waals surface area contributed by atoms with Crippen molar-refractivity contribution in [2.24, 2.45) is 0 Å². The van der Waals surface area contributed by atoms with Crippen LogP contribution in [0.1, 0.15) is 24.3 Å². The number of benzene rings is 1. The fourth-order valence-corrected chi connectivity index (χ4v) is 4.28. The number of rotatable bonds is 3. The molecule has 0 saturated carbocycles. The van der Waals surface area contributed by atoms with Gasteiger partial charge in [-0.3, -0.25) is 5.10 Å². The number of hydrogen-bond donors (Lipinski definition) is 1. The quantitative estimate of drug-likeness (QED) is 0.544. The molecule has 3 aromatic heterocycles. The van der Waals surface area contributed by atoms with Crippen molar-refractivity contribution in [1.82, 2.24) is 30.0 Å². The molecule has 1 aliphatic rings. The molecule has 4 aromatic rings. The Hall–Kier alpha value is -2.64. The molecule has 0 bridgehead atoms. The van der Waals surface area contributed by atoms with Gasteiger partial charge in [-0.15, -0.1) is 15.3 Å². The summed E-state index contributed by atoms with van der Waals surface area (Å²) in [5, 5.41) is 21.4. The molecule has 142 valence electrons. The zero-order valence-corrected chi connectivity index (χ0v) is 16.4. The van der Waals surface area contributed by atoms with E-state index in [1.807, 2.05) is 36.7 Å². The molecule has 0 aliphatic carbocycles. The topological polar surface area (TPSA) is 75.0 Å². The predicted octanol–water partition coefficient (Wildman–Crippen LogP) is 4.21. The van der Waals surface area contributed by atoms with Crippen molar-refractivity contribution < 1.29 is 0 Å². The first-order chi connectivity index (χ1) is 13.7. The normalized spacial score (nSPS) is 17.4. The zero-order valence-electron chi connectivity index (χ0n) is 14.9. The molecule has 1 unspecified atom stereocenters. The van der Waals surface area contributed by atoms with Gasteiger partial charge < -0.3 is 4.90 Å². The minimum atomic E-state index is 0.442. The van der Waals surface area contributed by atoms with Crippen LogP contribution < -0.4 is 4.90 Å². The van der Waals surface area contributed by atoms with Gasteiger partial charge in [0.25, 0.3) is 0 Å². The first kappa shape index (κ1) is 17.5. The minimum absolute atomic E-state index is 0.442. The van der Waals surface area contributed by atoms with Crippen LogP contribution in [0.3, 0.4) is 0 Å². The maximum absolute atomic E-state index is 6.16. The molecule has 0 amide bonds.